The zero-order valence-electron chi connectivity index (χ0n) is 12.1. The van der Waals surface area contributed by atoms with Crippen LogP contribution in [0, 0.1) is 11.3 Å². The Labute approximate surface area is 120 Å². The summed E-state index contributed by atoms with van der Waals surface area (Å²) < 4.78 is 5.87. The Kier molecular flexibility index (Phi) is 2.34. The van der Waals surface area contributed by atoms with Crippen molar-refractivity contribution in [3.63, 3.8) is 0 Å². The molecule has 1 aliphatic heterocycles. The van der Waals surface area contributed by atoms with E-state index in [1.807, 2.05) is 12.1 Å². The van der Waals surface area contributed by atoms with Gasteiger partial charge in [-0.25, -0.2) is 0 Å². The third kappa shape index (κ3) is 1.45. The van der Waals surface area contributed by atoms with Gasteiger partial charge in [-0.1, -0.05) is 25.6 Å². The van der Waals surface area contributed by atoms with Gasteiger partial charge in [0.25, 0.3) is 0 Å². The predicted octanol–water partition coefficient (Wildman–Crippen LogP) is 4.36. The topological polar surface area (TPSA) is 32.8 Å². The van der Waals surface area contributed by atoms with Crippen LogP contribution in [0.25, 0.3) is 0 Å². The summed E-state index contributed by atoms with van der Waals surface area (Å²) in [6.45, 7) is 6.49. The SMILES string of the molecule is C=C1O[C@]12CCC1C[C@@H](c3ccc(O)cc3)CC[C@@]12C. The Morgan fingerprint density at radius 1 is 1.20 bits per heavy atom. The van der Waals surface area contributed by atoms with Crippen molar-refractivity contribution in [2.45, 2.75) is 50.5 Å². The second kappa shape index (κ2) is 3.81. The standard InChI is InChI=1S/C18H22O2/c1-12-18(20-12)10-8-15-11-14(7-9-17(15,18)2)13-3-5-16(19)6-4-13/h3-6,14-15,19H,1,7-11H2,2H3/t14-,15?,17-,18+/m0/s1. The van der Waals surface area contributed by atoms with Crippen molar-refractivity contribution in [3.05, 3.63) is 42.2 Å². The minimum atomic E-state index is 0.0254. The molecule has 2 aliphatic carbocycles. The van der Waals surface area contributed by atoms with Gasteiger partial charge in [-0.2, -0.15) is 0 Å². The molecule has 106 valence electrons. The van der Waals surface area contributed by atoms with Crippen LogP contribution in [0.3, 0.4) is 0 Å². The Balaban J connectivity index is 1.57. The Morgan fingerprint density at radius 3 is 2.55 bits per heavy atom. The van der Waals surface area contributed by atoms with Crippen molar-refractivity contribution in [2.24, 2.45) is 11.3 Å². The fraction of sp³-hybridized carbons (Fsp3) is 0.556. The van der Waals surface area contributed by atoms with Gasteiger partial charge in [0.05, 0.1) is 0 Å². The number of ether oxygens (including phenoxy) is 1. The first kappa shape index (κ1) is 12.3. The lowest BCUT2D eigenvalue weighted by Crippen LogP contribution is -2.39. The molecule has 20 heavy (non-hydrogen) atoms. The summed E-state index contributed by atoms with van der Waals surface area (Å²) in [6, 6.07) is 7.79. The molecule has 4 atom stereocenters. The van der Waals surface area contributed by atoms with Crippen LogP contribution in [0.1, 0.15) is 50.5 Å². The van der Waals surface area contributed by atoms with E-state index >= 15 is 0 Å². The van der Waals surface area contributed by atoms with Gasteiger partial charge in [-0.15, -0.1) is 0 Å². The number of hydrogen-bond acceptors (Lipinski definition) is 2. The van der Waals surface area contributed by atoms with Crippen molar-refractivity contribution in [1.29, 1.82) is 0 Å². The number of phenols is 1. The van der Waals surface area contributed by atoms with Gasteiger partial charge < -0.3 is 9.84 Å². The van der Waals surface area contributed by atoms with Crippen molar-refractivity contribution in [2.75, 3.05) is 0 Å². The first-order valence-corrected chi connectivity index (χ1v) is 7.72. The van der Waals surface area contributed by atoms with E-state index in [9.17, 15) is 5.11 Å². The van der Waals surface area contributed by atoms with Crippen molar-refractivity contribution >= 4 is 0 Å². The third-order valence-corrected chi connectivity index (χ3v) is 6.32. The minimum absolute atomic E-state index is 0.0254. The molecule has 1 spiro atoms. The maximum atomic E-state index is 9.43. The summed E-state index contributed by atoms with van der Waals surface area (Å²) in [5, 5.41) is 9.43. The van der Waals surface area contributed by atoms with Gasteiger partial charge >= 0.3 is 0 Å². The monoisotopic (exact) mass is 270 g/mol. The number of benzene rings is 1. The number of fused-ring (bicyclic) bond motifs is 2. The number of epoxide rings is 1. The minimum Gasteiger partial charge on any atom is -0.508 e. The van der Waals surface area contributed by atoms with Crippen molar-refractivity contribution in [1.82, 2.24) is 0 Å². The highest BCUT2D eigenvalue weighted by atomic mass is 16.6. The molecule has 1 aromatic carbocycles. The molecular formula is C18H22O2. The number of phenolic OH excluding ortho intramolecular Hbond substituents is 1. The highest BCUT2D eigenvalue weighted by Crippen LogP contribution is 2.69. The molecule has 0 bridgehead atoms. The van der Waals surface area contributed by atoms with Gasteiger partial charge in [0.15, 0.2) is 5.60 Å². The van der Waals surface area contributed by atoms with Gasteiger partial charge in [0, 0.05) is 5.41 Å². The Morgan fingerprint density at radius 2 is 1.90 bits per heavy atom. The molecule has 1 unspecified atom stereocenters. The van der Waals surface area contributed by atoms with Gasteiger partial charge in [0.1, 0.15) is 11.5 Å². The average Bonchev–Trinajstić information content (AvgIpc) is 3.02. The van der Waals surface area contributed by atoms with Crippen molar-refractivity contribution in [3.8, 4) is 5.75 Å². The van der Waals surface area contributed by atoms with Crippen LogP contribution in [0.4, 0.5) is 0 Å². The van der Waals surface area contributed by atoms with E-state index in [1.165, 1.54) is 31.2 Å². The smallest absolute Gasteiger partial charge is 0.170 e. The van der Waals surface area contributed by atoms with Crippen LogP contribution in [0.5, 0.6) is 5.75 Å². The number of rotatable bonds is 1. The van der Waals surface area contributed by atoms with Gasteiger partial charge in [0.2, 0.25) is 0 Å². The van der Waals surface area contributed by atoms with Crippen LogP contribution < -0.4 is 0 Å². The third-order valence-electron chi connectivity index (χ3n) is 6.32. The Bertz CT molecular complexity index is 561. The molecule has 3 aliphatic rings. The first-order chi connectivity index (χ1) is 9.55. The van der Waals surface area contributed by atoms with E-state index in [0.717, 1.165) is 18.1 Å². The fourth-order valence-corrected chi connectivity index (χ4v) is 4.89. The predicted molar refractivity (Wildman–Crippen MR) is 78.5 cm³/mol. The molecule has 2 saturated carbocycles. The maximum Gasteiger partial charge on any atom is 0.170 e. The van der Waals surface area contributed by atoms with Crippen molar-refractivity contribution < 1.29 is 9.84 Å². The molecule has 1 aromatic rings. The average molecular weight is 270 g/mol. The quantitative estimate of drug-likeness (QED) is 0.769. The zero-order valence-corrected chi connectivity index (χ0v) is 12.1. The van der Waals surface area contributed by atoms with E-state index in [1.54, 1.807) is 0 Å². The molecule has 1 heterocycles. The molecule has 0 amide bonds. The second-order valence-corrected chi connectivity index (χ2v) is 7.07. The first-order valence-electron chi connectivity index (χ1n) is 7.72. The molecule has 3 fully saturated rings. The maximum absolute atomic E-state index is 9.43. The molecule has 0 aromatic heterocycles. The molecule has 2 nitrogen and oxygen atoms in total. The number of hydrogen-bond donors (Lipinski definition) is 1. The summed E-state index contributed by atoms with van der Waals surface area (Å²) in [5.41, 5.74) is 1.70. The van der Waals surface area contributed by atoms with E-state index in [-0.39, 0.29) is 5.60 Å². The van der Waals surface area contributed by atoms with E-state index < -0.39 is 0 Å². The molecule has 1 saturated heterocycles. The van der Waals surface area contributed by atoms with Gasteiger partial charge in [-0.3, -0.25) is 0 Å². The molecule has 4 rings (SSSR count). The lowest BCUT2D eigenvalue weighted by atomic mass is 9.61. The second-order valence-electron chi connectivity index (χ2n) is 7.07. The van der Waals surface area contributed by atoms with E-state index in [0.29, 0.717) is 17.1 Å². The summed E-state index contributed by atoms with van der Waals surface area (Å²) in [5.74, 6) is 2.77. The largest absolute Gasteiger partial charge is 0.508 e. The van der Waals surface area contributed by atoms with Crippen LogP contribution in [0.2, 0.25) is 0 Å². The normalized spacial score (nSPS) is 42.4. The highest BCUT2D eigenvalue weighted by Gasteiger charge is 2.70. The Hall–Kier alpha value is -1.44. The highest BCUT2D eigenvalue weighted by molar-refractivity contribution is 5.34. The molecule has 1 N–H and O–H groups in total. The summed E-state index contributed by atoms with van der Waals surface area (Å²) in [6.07, 6.45) is 6.12. The summed E-state index contributed by atoms with van der Waals surface area (Å²) in [7, 11) is 0. The molecular weight excluding hydrogens is 248 g/mol. The van der Waals surface area contributed by atoms with Crippen LogP contribution >= 0.6 is 0 Å². The molecule has 0 radical (unpaired) electrons. The van der Waals surface area contributed by atoms with E-state index in [4.69, 9.17) is 4.74 Å². The van der Waals surface area contributed by atoms with Crippen LogP contribution in [0.15, 0.2) is 36.6 Å². The lowest BCUT2D eigenvalue weighted by molar-refractivity contribution is 0.0599. The number of aromatic hydroxyl groups is 1. The fourth-order valence-electron chi connectivity index (χ4n) is 4.89. The van der Waals surface area contributed by atoms with E-state index in [2.05, 4.69) is 25.6 Å². The summed E-state index contributed by atoms with van der Waals surface area (Å²) >= 11 is 0. The molecule has 2 heteroatoms. The lowest BCUT2D eigenvalue weighted by Gasteiger charge is -2.42. The summed E-state index contributed by atoms with van der Waals surface area (Å²) in [4.78, 5) is 0. The van der Waals surface area contributed by atoms with Crippen LogP contribution in [-0.4, -0.2) is 10.7 Å². The zero-order chi connectivity index (χ0) is 14.0. The van der Waals surface area contributed by atoms with Gasteiger partial charge in [-0.05, 0) is 61.6 Å². The van der Waals surface area contributed by atoms with Crippen LogP contribution in [-0.2, 0) is 4.74 Å².